The van der Waals surface area contributed by atoms with Crippen LogP contribution in [0.1, 0.15) is 62.5 Å². The summed E-state index contributed by atoms with van der Waals surface area (Å²) in [6, 6.07) is 4.06. The standard InChI is InChI=1S/C16H24O2/c1-7-14(17)12-9-11(3)10-13(16(4,5)6)15(12)18-8-2/h9-10H,7-8H2,1-6H3. The van der Waals surface area contributed by atoms with Crippen LogP contribution in [0.3, 0.4) is 0 Å². The van der Waals surface area contributed by atoms with E-state index in [0.29, 0.717) is 13.0 Å². The Bertz CT molecular complexity index is 439. The number of hydrogen-bond donors (Lipinski definition) is 0. The lowest BCUT2D eigenvalue weighted by atomic mass is 9.83. The van der Waals surface area contributed by atoms with Crippen LogP contribution < -0.4 is 4.74 Å². The molecule has 0 atom stereocenters. The summed E-state index contributed by atoms with van der Waals surface area (Å²) < 4.78 is 5.75. The molecule has 18 heavy (non-hydrogen) atoms. The van der Waals surface area contributed by atoms with Gasteiger partial charge in [0.05, 0.1) is 12.2 Å². The Morgan fingerprint density at radius 1 is 1.22 bits per heavy atom. The second kappa shape index (κ2) is 5.55. The first kappa shape index (κ1) is 14.7. The lowest BCUT2D eigenvalue weighted by Crippen LogP contribution is -2.16. The Hall–Kier alpha value is -1.31. The van der Waals surface area contributed by atoms with Crippen LogP contribution in [-0.2, 0) is 5.41 Å². The molecule has 0 amide bonds. The van der Waals surface area contributed by atoms with Crippen molar-refractivity contribution in [2.75, 3.05) is 6.61 Å². The minimum atomic E-state index is -0.0285. The molecule has 0 aromatic heterocycles. The van der Waals surface area contributed by atoms with Crippen LogP contribution in [0.25, 0.3) is 0 Å². The Kier molecular flexibility index (Phi) is 4.55. The van der Waals surface area contributed by atoms with Crippen molar-refractivity contribution in [3.63, 3.8) is 0 Å². The molecular weight excluding hydrogens is 224 g/mol. The van der Waals surface area contributed by atoms with Crippen molar-refractivity contribution in [3.05, 3.63) is 28.8 Å². The van der Waals surface area contributed by atoms with Gasteiger partial charge in [-0.3, -0.25) is 4.79 Å². The Morgan fingerprint density at radius 3 is 2.28 bits per heavy atom. The minimum Gasteiger partial charge on any atom is -0.493 e. The van der Waals surface area contributed by atoms with E-state index in [2.05, 4.69) is 26.8 Å². The van der Waals surface area contributed by atoms with Crippen molar-refractivity contribution in [2.24, 2.45) is 0 Å². The molecule has 1 aromatic rings. The fraction of sp³-hybridized carbons (Fsp3) is 0.562. The number of aryl methyl sites for hydroxylation is 1. The van der Waals surface area contributed by atoms with Crippen molar-refractivity contribution in [2.45, 2.75) is 53.4 Å². The number of hydrogen-bond acceptors (Lipinski definition) is 2. The molecule has 0 heterocycles. The fourth-order valence-corrected chi connectivity index (χ4v) is 2.03. The quantitative estimate of drug-likeness (QED) is 0.743. The van der Waals surface area contributed by atoms with E-state index in [-0.39, 0.29) is 11.2 Å². The van der Waals surface area contributed by atoms with Crippen LogP contribution in [0, 0.1) is 6.92 Å². The van der Waals surface area contributed by atoms with Crippen molar-refractivity contribution < 1.29 is 9.53 Å². The molecule has 100 valence electrons. The van der Waals surface area contributed by atoms with E-state index in [1.54, 1.807) is 0 Å². The summed E-state index contributed by atoms with van der Waals surface area (Å²) in [6.45, 7) is 12.9. The topological polar surface area (TPSA) is 26.3 Å². The molecule has 0 aliphatic heterocycles. The van der Waals surface area contributed by atoms with E-state index in [4.69, 9.17) is 4.74 Å². The number of carbonyl (C=O) groups is 1. The molecule has 0 spiro atoms. The molecule has 0 unspecified atom stereocenters. The van der Waals surface area contributed by atoms with Gasteiger partial charge >= 0.3 is 0 Å². The van der Waals surface area contributed by atoms with Gasteiger partial charge in [0.1, 0.15) is 5.75 Å². The first-order chi connectivity index (χ1) is 8.31. The summed E-state index contributed by atoms with van der Waals surface area (Å²) in [6.07, 6.45) is 0.507. The minimum absolute atomic E-state index is 0.0285. The highest BCUT2D eigenvalue weighted by Gasteiger charge is 2.24. The lowest BCUT2D eigenvalue weighted by molar-refractivity contribution is 0.0984. The molecule has 2 heteroatoms. The second-order valence-corrected chi connectivity index (χ2v) is 5.65. The molecule has 1 rings (SSSR count). The van der Waals surface area contributed by atoms with Gasteiger partial charge in [0.25, 0.3) is 0 Å². The second-order valence-electron chi connectivity index (χ2n) is 5.65. The maximum atomic E-state index is 12.1. The molecule has 1 aromatic carbocycles. The van der Waals surface area contributed by atoms with E-state index < -0.39 is 0 Å². The Morgan fingerprint density at radius 2 is 1.83 bits per heavy atom. The molecular formula is C16H24O2. The normalized spacial score (nSPS) is 11.4. The van der Waals surface area contributed by atoms with Crippen LogP contribution >= 0.6 is 0 Å². The predicted octanol–water partition coefficient (Wildman–Crippen LogP) is 4.28. The zero-order valence-electron chi connectivity index (χ0n) is 12.4. The van der Waals surface area contributed by atoms with Gasteiger partial charge in [0, 0.05) is 12.0 Å². The zero-order chi connectivity index (χ0) is 13.9. The molecule has 0 saturated heterocycles. The first-order valence-corrected chi connectivity index (χ1v) is 6.62. The van der Waals surface area contributed by atoms with Gasteiger partial charge in [-0.2, -0.15) is 0 Å². The Balaban J connectivity index is 3.50. The van der Waals surface area contributed by atoms with Gasteiger partial charge in [-0.05, 0) is 30.9 Å². The molecule has 0 aliphatic rings. The smallest absolute Gasteiger partial charge is 0.166 e. The predicted molar refractivity (Wildman–Crippen MR) is 75.7 cm³/mol. The summed E-state index contributed by atoms with van der Waals surface area (Å²) in [5, 5.41) is 0. The van der Waals surface area contributed by atoms with Crippen LogP contribution in [0.4, 0.5) is 0 Å². The van der Waals surface area contributed by atoms with Crippen LogP contribution in [0.5, 0.6) is 5.75 Å². The van der Waals surface area contributed by atoms with Gasteiger partial charge in [0.2, 0.25) is 0 Å². The summed E-state index contributed by atoms with van der Waals surface area (Å²) in [5.74, 6) is 0.912. The molecule has 0 radical (unpaired) electrons. The SMILES string of the molecule is CCOc1c(C(=O)CC)cc(C)cc1C(C)(C)C. The van der Waals surface area contributed by atoms with Crippen molar-refractivity contribution in [3.8, 4) is 5.75 Å². The molecule has 0 saturated carbocycles. The van der Waals surface area contributed by atoms with Crippen LogP contribution in [-0.4, -0.2) is 12.4 Å². The highest BCUT2D eigenvalue weighted by Crippen LogP contribution is 2.36. The number of ketones is 1. The molecule has 0 aliphatic carbocycles. The van der Waals surface area contributed by atoms with Gasteiger partial charge in [-0.1, -0.05) is 33.8 Å². The van der Waals surface area contributed by atoms with E-state index in [9.17, 15) is 4.79 Å². The number of rotatable bonds is 4. The third-order valence-corrected chi connectivity index (χ3v) is 2.95. The van der Waals surface area contributed by atoms with Crippen molar-refractivity contribution in [1.29, 1.82) is 0 Å². The first-order valence-electron chi connectivity index (χ1n) is 6.62. The van der Waals surface area contributed by atoms with Crippen LogP contribution in [0.15, 0.2) is 12.1 Å². The zero-order valence-corrected chi connectivity index (χ0v) is 12.4. The summed E-state index contributed by atoms with van der Waals surface area (Å²) in [5.41, 5.74) is 2.92. The lowest BCUT2D eigenvalue weighted by Gasteiger charge is -2.25. The van der Waals surface area contributed by atoms with Gasteiger partial charge in [-0.25, -0.2) is 0 Å². The number of Topliss-reactive ketones (excluding diaryl/α,β-unsaturated/α-hetero) is 1. The maximum Gasteiger partial charge on any atom is 0.166 e. The summed E-state index contributed by atoms with van der Waals surface area (Å²) >= 11 is 0. The largest absolute Gasteiger partial charge is 0.493 e. The highest BCUT2D eigenvalue weighted by atomic mass is 16.5. The van der Waals surface area contributed by atoms with Gasteiger partial charge < -0.3 is 4.74 Å². The monoisotopic (exact) mass is 248 g/mol. The van der Waals surface area contributed by atoms with Crippen molar-refractivity contribution in [1.82, 2.24) is 0 Å². The maximum absolute atomic E-state index is 12.1. The average molecular weight is 248 g/mol. The Labute approximate surface area is 110 Å². The van der Waals surface area contributed by atoms with Crippen LogP contribution in [0.2, 0.25) is 0 Å². The van der Waals surface area contributed by atoms with E-state index >= 15 is 0 Å². The van der Waals surface area contributed by atoms with Gasteiger partial charge in [-0.15, -0.1) is 0 Å². The molecule has 2 nitrogen and oxygen atoms in total. The molecule has 0 fully saturated rings. The van der Waals surface area contributed by atoms with Gasteiger partial charge in [0.15, 0.2) is 5.78 Å². The molecule has 0 N–H and O–H groups in total. The average Bonchev–Trinajstić information content (AvgIpc) is 2.28. The van der Waals surface area contributed by atoms with E-state index in [1.165, 1.54) is 0 Å². The number of carbonyl (C=O) groups excluding carboxylic acids is 1. The number of benzene rings is 1. The molecule has 0 bridgehead atoms. The summed E-state index contributed by atoms with van der Waals surface area (Å²) in [7, 11) is 0. The van der Waals surface area contributed by atoms with E-state index in [1.807, 2.05) is 26.8 Å². The third-order valence-electron chi connectivity index (χ3n) is 2.95. The van der Waals surface area contributed by atoms with Crippen molar-refractivity contribution >= 4 is 5.78 Å². The fourth-order valence-electron chi connectivity index (χ4n) is 2.03. The highest BCUT2D eigenvalue weighted by molar-refractivity contribution is 5.99. The third kappa shape index (κ3) is 3.12. The number of ether oxygens (including phenoxy) is 1. The summed E-state index contributed by atoms with van der Waals surface area (Å²) in [4.78, 5) is 12.1. The van der Waals surface area contributed by atoms with E-state index in [0.717, 1.165) is 22.4 Å².